The van der Waals surface area contributed by atoms with Gasteiger partial charge in [0.05, 0.1) is 18.8 Å². The van der Waals surface area contributed by atoms with Gasteiger partial charge in [-0.25, -0.2) is 0 Å². The molecule has 7 heteroatoms. The number of hydrogen-bond donors (Lipinski definition) is 2. The fourth-order valence-corrected chi connectivity index (χ4v) is 3.58. The van der Waals surface area contributed by atoms with E-state index < -0.39 is 11.8 Å². The lowest BCUT2D eigenvalue weighted by Crippen LogP contribution is -2.40. The van der Waals surface area contributed by atoms with Crippen molar-refractivity contribution >= 4 is 28.4 Å². The second kappa shape index (κ2) is 9.00. The first kappa shape index (κ1) is 21.4. The topological polar surface area (TPSA) is 75.6 Å². The number of carbonyl (C=O) groups excluding carboxylic acids is 2. The standard InChI is InChI=1S/C23H28N4O3/c1-15-10-11-21(30-5)18(12-15)25-23(29)22(28)24-13-20(26(2)3)17-14-27(4)19-9-7-6-8-16(17)19/h6-12,14,20H,13H2,1-5H3,(H,24,28)(H,25,29). The fraction of sp³-hybridized carbons (Fsp3) is 0.304. The molecule has 1 unspecified atom stereocenters. The van der Waals surface area contributed by atoms with Crippen LogP contribution in [-0.2, 0) is 16.6 Å². The summed E-state index contributed by atoms with van der Waals surface area (Å²) >= 11 is 0. The van der Waals surface area contributed by atoms with E-state index in [1.165, 1.54) is 7.11 Å². The van der Waals surface area contributed by atoms with Crippen LogP contribution < -0.4 is 15.4 Å². The summed E-state index contributed by atoms with van der Waals surface area (Å²) in [5, 5.41) is 6.53. The number of amides is 2. The monoisotopic (exact) mass is 408 g/mol. The number of carbonyl (C=O) groups is 2. The average molecular weight is 409 g/mol. The molecule has 2 aromatic carbocycles. The molecule has 0 saturated carbocycles. The SMILES string of the molecule is COc1ccc(C)cc1NC(=O)C(=O)NCC(c1cn(C)c2ccccc12)N(C)C. The third-order valence-corrected chi connectivity index (χ3v) is 5.18. The molecule has 0 aliphatic carbocycles. The van der Waals surface area contributed by atoms with E-state index in [-0.39, 0.29) is 6.04 Å². The lowest BCUT2D eigenvalue weighted by molar-refractivity contribution is -0.136. The zero-order valence-electron chi connectivity index (χ0n) is 18.0. The van der Waals surface area contributed by atoms with Crippen molar-refractivity contribution in [3.8, 4) is 5.75 Å². The maximum atomic E-state index is 12.5. The quantitative estimate of drug-likeness (QED) is 0.615. The number of anilines is 1. The maximum Gasteiger partial charge on any atom is 0.313 e. The van der Waals surface area contributed by atoms with Crippen LogP contribution in [0.5, 0.6) is 5.75 Å². The molecule has 1 atom stereocenters. The van der Waals surface area contributed by atoms with E-state index in [1.807, 2.05) is 51.2 Å². The van der Waals surface area contributed by atoms with E-state index in [2.05, 4.69) is 33.5 Å². The van der Waals surface area contributed by atoms with Gasteiger partial charge in [0.25, 0.3) is 0 Å². The van der Waals surface area contributed by atoms with Crippen LogP contribution in [0, 0.1) is 6.92 Å². The summed E-state index contributed by atoms with van der Waals surface area (Å²) < 4.78 is 7.33. The van der Waals surface area contributed by atoms with Crippen molar-refractivity contribution in [2.75, 3.05) is 33.1 Å². The number of nitrogens with zero attached hydrogens (tertiary/aromatic N) is 2. The first-order valence-electron chi connectivity index (χ1n) is 9.76. The molecule has 0 aliphatic heterocycles. The molecule has 30 heavy (non-hydrogen) atoms. The van der Waals surface area contributed by atoms with Gasteiger partial charge >= 0.3 is 11.8 Å². The van der Waals surface area contributed by atoms with E-state index in [1.54, 1.807) is 12.1 Å². The van der Waals surface area contributed by atoms with Crippen LogP contribution in [0.1, 0.15) is 17.2 Å². The normalized spacial score (nSPS) is 12.1. The van der Waals surface area contributed by atoms with Crippen LogP contribution in [0.15, 0.2) is 48.7 Å². The predicted molar refractivity (Wildman–Crippen MR) is 119 cm³/mol. The van der Waals surface area contributed by atoms with Gasteiger partial charge in [0.1, 0.15) is 5.75 Å². The summed E-state index contributed by atoms with van der Waals surface area (Å²) in [6.07, 6.45) is 2.07. The van der Waals surface area contributed by atoms with Gasteiger partial charge in [-0.1, -0.05) is 24.3 Å². The number of ether oxygens (including phenoxy) is 1. The molecule has 0 fully saturated rings. The number of hydrogen-bond acceptors (Lipinski definition) is 4. The zero-order chi connectivity index (χ0) is 21.8. The van der Waals surface area contributed by atoms with Gasteiger partial charge in [0.2, 0.25) is 0 Å². The third-order valence-electron chi connectivity index (χ3n) is 5.18. The number of aromatic nitrogens is 1. The number of methoxy groups -OCH3 is 1. The Labute approximate surface area is 176 Å². The van der Waals surface area contributed by atoms with Crippen molar-refractivity contribution in [1.29, 1.82) is 0 Å². The summed E-state index contributed by atoms with van der Waals surface area (Å²) in [6, 6.07) is 13.4. The Hall–Kier alpha value is -3.32. The second-order valence-corrected chi connectivity index (χ2v) is 7.56. The largest absolute Gasteiger partial charge is 0.495 e. The smallest absolute Gasteiger partial charge is 0.313 e. The van der Waals surface area contributed by atoms with E-state index in [0.29, 0.717) is 18.0 Å². The molecule has 158 valence electrons. The molecule has 0 spiro atoms. The van der Waals surface area contributed by atoms with Gasteiger partial charge in [-0.15, -0.1) is 0 Å². The van der Waals surface area contributed by atoms with E-state index >= 15 is 0 Å². The van der Waals surface area contributed by atoms with E-state index in [4.69, 9.17) is 4.74 Å². The number of benzene rings is 2. The Morgan fingerprint density at radius 3 is 2.57 bits per heavy atom. The van der Waals surface area contributed by atoms with Gasteiger partial charge in [0, 0.05) is 30.7 Å². The van der Waals surface area contributed by atoms with Crippen molar-refractivity contribution in [2.45, 2.75) is 13.0 Å². The van der Waals surface area contributed by atoms with Crippen molar-refractivity contribution in [3.63, 3.8) is 0 Å². The van der Waals surface area contributed by atoms with Crippen molar-refractivity contribution in [3.05, 3.63) is 59.8 Å². The molecular formula is C23H28N4O3. The summed E-state index contributed by atoms with van der Waals surface area (Å²) in [4.78, 5) is 26.9. The number of para-hydroxylation sites is 1. The molecule has 0 saturated heterocycles. The molecule has 2 amide bonds. The Bertz CT molecular complexity index is 1070. The molecule has 3 rings (SSSR count). The lowest BCUT2D eigenvalue weighted by atomic mass is 10.0. The molecule has 7 nitrogen and oxygen atoms in total. The van der Waals surface area contributed by atoms with Crippen LogP contribution in [0.4, 0.5) is 5.69 Å². The van der Waals surface area contributed by atoms with E-state index in [0.717, 1.165) is 22.0 Å². The first-order valence-corrected chi connectivity index (χ1v) is 9.76. The highest BCUT2D eigenvalue weighted by Crippen LogP contribution is 2.28. The second-order valence-electron chi connectivity index (χ2n) is 7.56. The lowest BCUT2D eigenvalue weighted by Gasteiger charge is -2.24. The van der Waals surface area contributed by atoms with Crippen molar-refractivity contribution < 1.29 is 14.3 Å². The fourth-order valence-electron chi connectivity index (χ4n) is 3.58. The van der Waals surface area contributed by atoms with Crippen LogP contribution in [-0.4, -0.2) is 49.0 Å². The van der Waals surface area contributed by atoms with Crippen molar-refractivity contribution in [2.24, 2.45) is 7.05 Å². The minimum Gasteiger partial charge on any atom is -0.495 e. The third kappa shape index (κ3) is 4.46. The van der Waals surface area contributed by atoms with Gasteiger partial charge in [-0.3, -0.25) is 9.59 Å². The molecule has 0 aliphatic rings. The van der Waals surface area contributed by atoms with Crippen molar-refractivity contribution in [1.82, 2.24) is 14.8 Å². The minimum absolute atomic E-state index is 0.0821. The number of fused-ring (bicyclic) bond motifs is 1. The van der Waals surface area contributed by atoms with Gasteiger partial charge in [0.15, 0.2) is 0 Å². The molecule has 1 heterocycles. The number of nitrogens with one attached hydrogen (secondary N) is 2. The maximum absolute atomic E-state index is 12.5. The summed E-state index contributed by atoms with van der Waals surface area (Å²) in [5.41, 5.74) is 3.64. The molecule has 0 bridgehead atoms. The van der Waals surface area contributed by atoms with Gasteiger partial charge < -0.3 is 24.8 Å². The Morgan fingerprint density at radius 1 is 1.13 bits per heavy atom. The van der Waals surface area contributed by atoms with Crippen LogP contribution in [0.3, 0.4) is 0 Å². The van der Waals surface area contributed by atoms with E-state index in [9.17, 15) is 9.59 Å². The molecule has 1 aromatic heterocycles. The zero-order valence-corrected chi connectivity index (χ0v) is 18.0. The molecular weight excluding hydrogens is 380 g/mol. The number of aryl methyl sites for hydroxylation is 2. The Balaban J connectivity index is 1.73. The molecule has 0 radical (unpaired) electrons. The summed E-state index contributed by atoms with van der Waals surface area (Å²) in [6.45, 7) is 2.21. The number of likely N-dealkylation sites (N-methyl/N-ethyl adjacent to an activating group) is 1. The number of rotatable bonds is 6. The first-order chi connectivity index (χ1) is 14.3. The predicted octanol–water partition coefficient (Wildman–Crippen LogP) is 2.85. The Kier molecular flexibility index (Phi) is 6.42. The molecule has 2 N–H and O–H groups in total. The van der Waals surface area contributed by atoms with Gasteiger partial charge in [-0.2, -0.15) is 0 Å². The summed E-state index contributed by atoms with van der Waals surface area (Å²) in [7, 11) is 7.43. The molecule has 3 aromatic rings. The highest BCUT2D eigenvalue weighted by Gasteiger charge is 2.22. The average Bonchev–Trinajstić information content (AvgIpc) is 3.04. The summed E-state index contributed by atoms with van der Waals surface area (Å²) in [5.74, 6) is -0.913. The van der Waals surface area contributed by atoms with Crippen LogP contribution in [0.25, 0.3) is 10.9 Å². The minimum atomic E-state index is -0.727. The van der Waals surface area contributed by atoms with Gasteiger partial charge in [-0.05, 0) is 50.3 Å². The van der Waals surface area contributed by atoms with Crippen LogP contribution in [0.2, 0.25) is 0 Å². The van der Waals surface area contributed by atoms with Crippen LogP contribution >= 0.6 is 0 Å². The highest BCUT2D eigenvalue weighted by molar-refractivity contribution is 6.39. The highest BCUT2D eigenvalue weighted by atomic mass is 16.5. The Morgan fingerprint density at radius 2 is 1.87 bits per heavy atom.